The maximum Gasteiger partial charge on any atom is 0.232 e. The molecular weight excluding hydrogens is 222 g/mol. The van der Waals surface area contributed by atoms with E-state index in [1.807, 2.05) is 0 Å². The van der Waals surface area contributed by atoms with Crippen LogP contribution in [0.2, 0.25) is 0 Å². The number of nitrogens with zero attached hydrogens (tertiary/aromatic N) is 1. The Balaban J connectivity index is 2.54. The van der Waals surface area contributed by atoms with Crippen LogP contribution in [0.5, 0.6) is 0 Å². The minimum absolute atomic E-state index is 0.0692. The summed E-state index contributed by atoms with van der Waals surface area (Å²) in [4.78, 5) is 14.5. The van der Waals surface area contributed by atoms with Gasteiger partial charge in [-0.3, -0.25) is 4.79 Å². The maximum absolute atomic E-state index is 12.0. The second-order valence-corrected chi connectivity index (χ2v) is 5.50. The predicted octanol–water partition coefficient (Wildman–Crippen LogP) is 0.509. The molecule has 0 bridgehead atoms. The summed E-state index contributed by atoms with van der Waals surface area (Å²) >= 11 is 4.91. The molecule has 1 aliphatic rings. The Hall–Kier alpha value is -0.680. The quantitative estimate of drug-likeness (QED) is 0.709. The van der Waals surface area contributed by atoms with Gasteiger partial charge in [0.2, 0.25) is 5.91 Å². The number of carbonyl (C=O) groups excluding carboxylic acids is 1. The summed E-state index contributed by atoms with van der Waals surface area (Å²) in [6, 6.07) is 0.222. The number of nitrogens with one attached hydrogen (secondary N) is 1. The van der Waals surface area contributed by atoms with Crippen LogP contribution >= 0.6 is 12.2 Å². The molecule has 1 unspecified atom stereocenters. The number of nitrogens with two attached hydrogens (primary N) is 1. The van der Waals surface area contributed by atoms with Crippen LogP contribution in [0.3, 0.4) is 0 Å². The van der Waals surface area contributed by atoms with Crippen molar-refractivity contribution in [1.82, 2.24) is 10.2 Å². The molecule has 0 spiro atoms. The Morgan fingerprint density at radius 1 is 1.56 bits per heavy atom. The number of likely N-dealkylation sites (N-methyl/N-ethyl adjacent to an activating group) is 1. The largest absolute Gasteiger partial charge is 0.392 e. The molecule has 1 saturated heterocycles. The molecule has 0 aliphatic carbocycles. The Morgan fingerprint density at radius 2 is 2.19 bits per heavy atom. The van der Waals surface area contributed by atoms with Crippen LogP contribution in [0.1, 0.15) is 26.7 Å². The van der Waals surface area contributed by atoms with Crippen LogP contribution < -0.4 is 11.1 Å². The Morgan fingerprint density at radius 3 is 2.69 bits per heavy atom. The maximum atomic E-state index is 12.0. The third-order valence-electron chi connectivity index (χ3n) is 3.14. The van der Waals surface area contributed by atoms with E-state index >= 15 is 0 Å². The molecule has 4 nitrogen and oxygen atoms in total. The summed E-state index contributed by atoms with van der Waals surface area (Å²) in [5.41, 5.74) is 4.81. The molecular formula is C11H21N3OS. The van der Waals surface area contributed by atoms with Gasteiger partial charge in [-0.25, -0.2) is 0 Å². The van der Waals surface area contributed by atoms with Crippen LogP contribution in [0.25, 0.3) is 0 Å². The normalized spacial score (nSPS) is 22.8. The minimum Gasteiger partial charge on any atom is -0.392 e. The summed E-state index contributed by atoms with van der Waals surface area (Å²) in [7, 11) is 2.07. The molecule has 1 heterocycles. The van der Waals surface area contributed by atoms with Crippen molar-refractivity contribution in [3.63, 3.8) is 0 Å². The highest BCUT2D eigenvalue weighted by Crippen LogP contribution is 2.17. The molecule has 1 rings (SSSR count). The molecule has 0 aromatic rings. The number of carbonyl (C=O) groups is 1. The molecule has 0 aromatic heterocycles. The monoisotopic (exact) mass is 243 g/mol. The number of piperidine rings is 1. The number of rotatable bonds is 3. The Bertz CT molecular complexity index is 291. The first-order valence-electron chi connectivity index (χ1n) is 5.63. The van der Waals surface area contributed by atoms with Crippen molar-refractivity contribution in [2.75, 3.05) is 20.1 Å². The molecule has 5 heteroatoms. The highest BCUT2D eigenvalue weighted by molar-refractivity contribution is 7.80. The second kappa shape index (κ2) is 5.10. The van der Waals surface area contributed by atoms with E-state index < -0.39 is 5.41 Å². The van der Waals surface area contributed by atoms with E-state index in [4.69, 9.17) is 18.0 Å². The average molecular weight is 243 g/mol. The van der Waals surface area contributed by atoms with Crippen molar-refractivity contribution >= 4 is 23.1 Å². The summed E-state index contributed by atoms with van der Waals surface area (Å²) in [6.45, 7) is 5.53. The topological polar surface area (TPSA) is 58.4 Å². The molecule has 3 N–H and O–H groups in total. The second-order valence-electron chi connectivity index (χ2n) is 5.06. The predicted molar refractivity (Wildman–Crippen MR) is 69.2 cm³/mol. The van der Waals surface area contributed by atoms with Gasteiger partial charge in [0.15, 0.2) is 0 Å². The molecule has 1 aliphatic heterocycles. The SMILES string of the molecule is CN1CCCC(NC(=O)C(C)(C)C(N)=S)C1. The van der Waals surface area contributed by atoms with Crippen LogP contribution in [-0.4, -0.2) is 42.0 Å². The standard InChI is InChI=1S/C11H21N3OS/c1-11(2,9(12)16)10(15)13-8-5-4-6-14(3)7-8/h8H,4-7H2,1-3H3,(H2,12,16)(H,13,15). The molecule has 0 radical (unpaired) electrons. The van der Waals surface area contributed by atoms with E-state index in [1.165, 1.54) is 0 Å². The molecule has 0 aromatic carbocycles. The van der Waals surface area contributed by atoms with Gasteiger partial charge in [-0.1, -0.05) is 12.2 Å². The molecule has 16 heavy (non-hydrogen) atoms. The fourth-order valence-corrected chi connectivity index (χ4v) is 1.85. The molecule has 92 valence electrons. The lowest BCUT2D eigenvalue weighted by atomic mass is 9.91. The summed E-state index contributed by atoms with van der Waals surface area (Å²) in [5, 5.41) is 3.02. The van der Waals surface area contributed by atoms with E-state index in [0.717, 1.165) is 25.9 Å². The van der Waals surface area contributed by atoms with Crippen molar-refractivity contribution < 1.29 is 4.79 Å². The van der Waals surface area contributed by atoms with Gasteiger partial charge in [0.1, 0.15) is 0 Å². The van der Waals surface area contributed by atoms with Gasteiger partial charge in [-0.2, -0.15) is 0 Å². The fraction of sp³-hybridized carbons (Fsp3) is 0.818. The van der Waals surface area contributed by atoms with Gasteiger partial charge < -0.3 is 16.0 Å². The number of hydrogen-bond acceptors (Lipinski definition) is 3. The average Bonchev–Trinajstić information content (AvgIpc) is 2.17. The zero-order valence-electron chi connectivity index (χ0n) is 10.2. The first-order valence-corrected chi connectivity index (χ1v) is 6.04. The Labute approximate surface area is 103 Å². The molecule has 1 amide bonds. The lowest BCUT2D eigenvalue weighted by Gasteiger charge is -2.32. The first-order chi connectivity index (χ1) is 7.34. The first kappa shape index (κ1) is 13.4. The van der Waals surface area contributed by atoms with Gasteiger partial charge >= 0.3 is 0 Å². The van der Waals surface area contributed by atoms with Crippen LogP contribution in [-0.2, 0) is 4.79 Å². The van der Waals surface area contributed by atoms with E-state index in [1.54, 1.807) is 13.8 Å². The van der Waals surface area contributed by atoms with Crippen LogP contribution in [0, 0.1) is 5.41 Å². The van der Waals surface area contributed by atoms with Crippen LogP contribution in [0.4, 0.5) is 0 Å². The summed E-state index contributed by atoms with van der Waals surface area (Å²) in [5.74, 6) is -0.0692. The van der Waals surface area contributed by atoms with Crippen molar-refractivity contribution in [2.45, 2.75) is 32.7 Å². The molecule has 1 atom stereocenters. The highest BCUT2D eigenvalue weighted by Gasteiger charge is 2.32. The summed E-state index contributed by atoms with van der Waals surface area (Å²) in [6.07, 6.45) is 2.15. The van der Waals surface area contributed by atoms with Gasteiger partial charge in [-0.05, 0) is 40.3 Å². The van der Waals surface area contributed by atoms with E-state index in [2.05, 4.69) is 17.3 Å². The number of hydrogen-bond donors (Lipinski definition) is 2. The third kappa shape index (κ3) is 3.15. The van der Waals surface area contributed by atoms with E-state index in [9.17, 15) is 4.79 Å². The van der Waals surface area contributed by atoms with Gasteiger partial charge in [0.25, 0.3) is 0 Å². The number of amides is 1. The smallest absolute Gasteiger partial charge is 0.232 e. The lowest BCUT2D eigenvalue weighted by Crippen LogP contribution is -2.52. The molecule has 1 fully saturated rings. The zero-order valence-corrected chi connectivity index (χ0v) is 11.1. The minimum atomic E-state index is -0.759. The zero-order chi connectivity index (χ0) is 12.3. The molecule has 0 saturated carbocycles. The highest BCUT2D eigenvalue weighted by atomic mass is 32.1. The van der Waals surface area contributed by atoms with Crippen molar-refractivity contribution in [2.24, 2.45) is 11.1 Å². The number of likely N-dealkylation sites (tertiary alicyclic amines) is 1. The number of thiocarbonyl (C=S) groups is 1. The lowest BCUT2D eigenvalue weighted by molar-refractivity contribution is -0.127. The third-order valence-corrected chi connectivity index (χ3v) is 3.65. The van der Waals surface area contributed by atoms with Crippen molar-refractivity contribution in [3.05, 3.63) is 0 Å². The van der Waals surface area contributed by atoms with Crippen molar-refractivity contribution in [1.29, 1.82) is 0 Å². The van der Waals surface area contributed by atoms with Gasteiger partial charge in [0.05, 0.1) is 10.4 Å². The Kier molecular flexibility index (Phi) is 4.27. The van der Waals surface area contributed by atoms with Gasteiger partial charge in [0, 0.05) is 12.6 Å². The van der Waals surface area contributed by atoms with Crippen LogP contribution in [0.15, 0.2) is 0 Å². The van der Waals surface area contributed by atoms with Gasteiger partial charge in [-0.15, -0.1) is 0 Å². The fourth-order valence-electron chi connectivity index (χ4n) is 1.76. The summed E-state index contributed by atoms with van der Waals surface area (Å²) < 4.78 is 0. The van der Waals surface area contributed by atoms with Crippen molar-refractivity contribution in [3.8, 4) is 0 Å². The van der Waals surface area contributed by atoms with E-state index in [0.29, 0.717) is 0 Å². The van der Waals surface area contributed by atoms with E-state index in [-0.39, 0.29) is 16.9 Å².